The van der Waals surface area contributed by atoms with Gasteiger partial charge in [0.15, 0.2) is 5.96 Å². The van der Waals surface area contributed by atoms with Crippen molar-refractivity contribution in [2.24, 2.45) is 4.99 Å². The van der Waals surface area contributed by atoms with Crippen molar-refractivity contribution < 1.29 is 14.2 Å². The van der Waals surface area contributed by atoms with Crippen molar-refractivity contribution in [1.29, 1.82) is 0 Å². The molecule has 0 saturated heterocycles. The zero-order valence-corrected chi connectivity index (χ0v) is 19.2. The highest BCUT2D eigenvalue weighted by atomic mass is 127. The minimum Gasteiger partial charge on any atom is -0.497 e. The minimum absolute atomic E-state index is 0. The predicted octanol–water partition coefficient (Wildman–Crippen LogP) is 3.77. The van der Waals surface area contributed by atoms with Gasteiger partial charge >= 0.3 is 0 Å². The van der Waals surface area contributed by atoms with E-state index in [2.05, 4.69) is 15.6 Å². The van der Waals surface area contributed by atoms with E-state index in [4.69, 9.17) is 4.74 Å². The number of rotatable bonds is 8. The maximum Gasteiger partial charge on any atom is 0.191 e. The monoisotopic (exact) mass is 513 g/mol. The van der Waals surface area contributed by atoms with Crippen molar-refractivity contribution in [2.75, 3.05) is 26.7 Å². The first-order chi connectivity index (χ1) is 13.6. The molecule has 1 aliphatic rings. The first kappa shape index (κ1) is 23.4. The fourth-order valence-electron chi connectivity index (χ4n) is 3.22. The van der Waals surface area contributed by atoms with Crippen LogP contribution in [0, 0.1) is 5.82 Å². The van der Waals surface area contributed by atoms with Crippen LogP contribution in [-0.2, 0) is 5.41 Å². The molecule has 29 heavy (non-hydrogen) atoms. The van der Waals surface area contributed by atoms with E-state index in [-0.39, 0.29) is 35.2 Å². The lowest BCUT2D eigenvalue weighted by atomic mass is 9.96. The number of nitrogens with zero attached hydrogens (tertiary/aromatic N) is 1. The lowest BCUT2D eigenvalue weighted by Gasteiger charge is -2.18. The van der Waals surface area contributed by atoms with Crippen LogP contribution in [-0.4, -0.2) is 37.8 Å². The van der Waals surface area contributed by atoms with Gasteiger partial charge in [-0.05, 0) is 55.2 Å². The molecule has 0 amide bonds. The SMILES string of the molecule is CCNC(=NCC1(c2cccc(F)c2)CC1)NCC(O)c1ccc(OC)cc1.I. The number of hydrogen-bond acceptors (Lipinski definition) is 3. The van der Waals surface area contributed by atoms with Gasteiger partial charge in [0, 0.05) is 18.5 Å². The molecule has 3 rings (SSSR count). The molecule has 0 heterocycles. The van der Waals surface area contributed by atoms with E-state index in [9.17, 15) is 9.50 Å². The van der Waals surface area contributed by atoms with Crippen molar-refractivity contribution >= 4 is 29.9 Å². The number of ether oxygens (including phenoxy) is 1. The first-order valence-electron chi connectivity index (χ1n) is 9.66. The average molecular weight is 513 g/mol. The Morgan fingerprint density at radius 3 is 2.52 bits per heavy atom. The van der Waals surface area contributed by atoms with Gasteiger partial charge in [0.2, 0.25) is 0 Å². The Morgan fingerprint density at radius 1 is 1.21 bits per heavy atom. The van der Waals surface area contributed by atoms with Gasteiger partial charge in [-0.25, -0.2) is 4.39 Å². The summed E-state index contributed by atoms with van der Waals surface area (Å²) in [5, 5.41) is 16.8. The summed E-state index contributed by atoms with van der Waals surface area (Å²) >= 11 is 0. The number of aliphatic imine (C=N–C) groups is 1. The van der Waals surface area contributed by atoms with Crippen LogP contribution in [0.5, 0.6) is 5.75 Å². The lowest BCUT2D eigenvalue weighted by Crippen LogP contribution is -2.40. The van der Waals surface area contributed by atoms with Gasteiger partial charge < -0.3 is 20.5 Å². The van der Waals surface area contributed by atoms with Crippen LogP contribution < -0.4 is 15.4 Å². The van der Waals surface area contributed by atoms with Gasteiger partial charge in [-0.2, -0.15) is 0 Å². The normalized spacial score (nSPS) is 15.8. The number of nitrogens with one attached hydrogen (secondary N) is 2. The highest BCUT2D eigenvalue weighted by molar-refractivity contribution is 14.0. The van der Waals surface area contributed by atoms with Crippen LogP contribution in [0.1, 0.15) is 37.0 Å². The molecule has 1 saturated carbocycles. The molecule has 0 bridgehead atoms. The number of benzene rings is 2. The third-order valence-corrected chi connectivity index (χ3v) is 5.14. The third kappa shape index (κ3) is 6.30. The highest BCUT2D eigenvalue weighted by Crippen LogP contribution is 2.48. The second-order valence-electron chi connectivity index (χ2n) is 7.16. The molecule has 1 unspecified atom stereocenters. The van der Waals surface area contributed by atoms with E-state index in [0.29, 0.717) is 19.0 Å². The molecular weight excluding hydrogens is 484 g/mol. The molecule has 7 heteroatoms. The number of halogens is 2. The third-order valence-electron chi connectivity index (χ3n) is 5.14. The second-order valence-corrected chi connectivity index (χ2v) is 7.16. The molecule has 158 valence electrons. The van der Waals surface area contributed by atoms with E-state index < -0.39 is 6.10 Å². The molecule has 5 nitrogen and oxygen atoms in total. The standard InChI is InChI=1S/C22H28FN3O2.HI/c1-3-24-21(25-14-20(27)16-7-9-19(28-2)10-8-16)26-15-22(11-12-22)17-5-4-6-18(23)13-17;/h4-10,13,20,27H,3,11-12,14-15H2,1-2H3,(H2,24,25,26);1H. The van der Waals surface area contributed by atoms with Gasteiger partial charge in [0.05, 0.1) is 19.8 Å². The van der Waals surface area contributed by atoms with E-state index in [1.165, 1.54) is 6.07 Å². The summed E-state index contributed by atoms with van der Waals surface area (Å²) in [6.07, 6.45) is 1.36. The van der Waals surface area contributed by atoms with Crippen LogP contribution in [0.2, 0.25) is 0 Å². The summed E-state index contributed by atoms with van der Waals surface area (Å²) < 4.78 is 18.7. The zero-order valence-electron chi connectivity index (χ0n) is 16.8. The molecule has 3 N–H and O–H groups in total. The average Bonchev–Trinajstić information content (AvgIpc) is 3.51. The van der Waals surface area contributed by atoms with Gasteiger partial charge in [0.25, 0.3) is 0 Å². The Hall–Kier alpha value is -1.87. The van der Waals surface area contributed by atoms with Gasteiger partial charge in [-0.15, -0.1) is 24.0 Å². The fourth-order valence-corrected chi connectivity index (χ4v) is 3.22. The molecular formula is C22H29FIN3O2. The van der Waals surface area contributed by atoms with Crippen molar-refractivity contribution in [3.63, 3.8) is 0 Å². The molecule has 2 aromatic carbocycles. The second kappa shape index (κ2) is 10.8. The Kier molecular flexibility index (Phi) is 8.70. The van der Waals surface area contributed by atoms with Crippen molar-refractivity contribution in [2.45, 2.75) is 31.3 Å². The molecule has 0 spiro atoms. The Bertz CT molecular complexity index is 810. The minimum atomic E-state index is -0.659. The Balaban J connectivity index is 0.00000300. The quantitative estimate of drug-likeness (QED) is 0.286. The molecule has 2 aromatic rings. The van der Waals surface area contributed by atoms with Crippen LogP contribution >= 0.6 is 24.0 Å². The van der Waals surface area contributed by atoms with Crippen LogP contribution in [0.15, 0.2) is 53.5 Å². The Morgan fingerprint density at radius 2 is 1.93 bits per heavy atom. The first-order valence-corrected chi connectivity index (χ1v) is 9.66. The van der Waals surface area contributed by atoms with Gasteiger partial charge in [0.1, 0.15) is 11.6 Å². The molecule has 1 fully saturated rings. The molecule has 1 atom stereocenters. The summed E-state index contributed by atoms with van der Waals surface area (Å²) in [5.74, 6) is 1.20. The summed E-state index contributed by atoms with van der Waals surface area (Å²) in [5.41, 5.74) is 1.74. The molecule has 0 radical (unpaired) electrons. The van der Waals surface area contributed by atoms with E-state index >= 15 is 0 Å². The van der Waals surface area contributed by atoms with Crippen LogP contribution in [0.3, 0.4) is 0 Å². The van der Waals surface area contributed by atoms with Crippen LogP contribution in [0.4, 0.5) is 4.39 Å². The summed E-state index contributed by atoms with van der Waals surface area (Å²) in [7, 11) is 1.61. The predicted molar refractivity (Wildman–Crippen MR) is 125 cm³/mol. The van der Waals surface area contributed by atoms with Crippen molar-refractivity contribution in [3.05, 3.63) is 65.5 Å². The zero-order chi connectivity index (χ0) is 20.0. The lowest BCUT2D eigenvalue weighted by molar-refractivity contribution is 0.180. The largest absolute Gasteiger partial charge is 0.497 e. The van der Waals surface area contributed by atoms with Crippen molar-refractivity contribution in [1.82, 2.24) is 10.6 Å². The number of hydrogen-bond donors (Lipinski definition) is 3. The number of aliphatic hydroxyl groups excluding tert-OH is 1. The van der Waals surface area contributed by atoms with E-state index in [1.54, 1.807) is 19.2 Å². The van der Waals surface area contributed by atoms with E-state index in [0.717, 1.165) is 36.3 Å². The van der Waals surface area contributed by atoms with Crippen LogP contribution in [0.25, 0.3) is 0 Å². The summed E-state index contributed by atoms with van der Waals surface area (Å²) in [6.45, 7) is 3.64. The Labute approximate surface area is 188 Å². The number of aliphatic hydroxyl groups is 1. The summed E-state index contributed by atoms with van der Waals surface area (Å²) in [4.78, 5) is 4.69. The maximum absolute atomic E-state index is 13.6. The van der Waals surface area contributed by atoms with Gasteiger partial charge in [-0.1, -0.05) is 24.3 Å². The topological polar surface area (TPSA) is 65.9 Å². The van der Waals surface area contributed by atoms with Crippen molar-refractivity contribution in [3.8, 4) is 5.75 Å². The van der Waals surface area contributed by atoms with Gasteiger partial charge in [-0.3, -0.25) is 4.99 Å². The molecule has 0 aromatic heterocycles. The maximum atomic E-state index is 13.6. The smallest absolute Gasteiger partial charge is 0.191 e. The summed E-state index contributed by atoms with van der Waals surface area (Å²) in [6, 6.07) is 14.1. The highest BCUT2D eigenvalue weighted by Gasteiger charge is 2.44. The molecule has 0 aliphatic heterocycles. The fraction of sp³-hybridized carbons (Fsp3) is 0.409. The van der Waals surface area contributed by atoms with E-state index in [1.807, 2.05) is 37.3 Å². The number of methoxy groups -OCH3 is 1. The number of guanidine groups is 1. The molecule has 1 aliphatic carbocycles.